The highest BCUT2D eigenvalue weighted by Gasteiger charge is 2.16. The molecule has 0 aromatic heterocycles. The van der Waals surface area contributed by atoms with Crippen LogP contribution in [-0.4, -0.2) is 7.05 Å². The molecule has 0 heterocycles. The van der Waals surface area contributed by atoms with Gasteiger partial charge >= 0.3 is 0 Å². The van der Waals surface area contributed by atoms with Gasteiger partial charge in [-0.25, -0.2) is 0 Å². The van der Waals surface area contributed by atoms with Crippen LogP contribution in [0.4, 0.5) is 0 Å². The molecule has 2 aromatic carbocycles. The van der Waals surface area contributed by atoms with Crippen molar-refractivity contribution in [3.05, 3.63) is 70.8 Å². The van der Waals surface area contributed by atoms with Crippen LogP contribution in [0.25, 0.3) is 0 Å². The lowest BCUT2D eigenvalue weighted by atomic mass is 9.91. The van der Waals surface area contributed by atoms with E-state index in [4.69, 9.17) is 0 Å². The average molecular weight is 233 g/mol. The van der Waals surface area contributed by atoms with Crippen molar-refractivity contribution in [1.29, 1.82) is 0 Å². The molecule has 1 nitrogen and oxygen atoms in total. The number of likely N-dealkylation sites (N-methyl/N-ethyl adjacent to an activating group) is 1. The van der Waals surface area contributed by atoms with E-state index in [1.54, 1.807) is 0 Å². The first kappa shape index (κ1) is 11.1. The SMILES string of the molecule is CNC1Cc2ccccc2C#Cc2ccccc21. The third kappa shape index (κ3) is 1.92. The number of hydrogen-bond donors (Lipinski definition) is 1. The van der Waals surface area contributed by atoms with Crippen LogP contribution in [0.1, 0.15) is 28.3 Å². The summed E-state index contributed by atoms with van der Waals surface area (Å²) in [4.78, 5) is 0. The van der Waals surface area contributed by atoms with E-state index in [1.807, 2.05) is 13.1 Å². The Morgan fingerprint density at radius 2 is 1.61 bits per heavy atom. The minimum absolute atomic E-state index is 0.331. The lowest BCUT2D eigenvalue weighted by molar-refractivity contribution is 0.590. The second-order valence-electron chi connectivity index (χ2n) is 4.54. The van der Waals surface area contributed by atoms with E-state index in [2.05, 4.69) is 59.6 Å². The second kappa shape index (κ2) is 4.68. The van der Waals surface area contributed by atoms with Gasteiger partial charge in [0.2, 0.25) is 0 Å². The molecule has 0 saturated heterocycles. The zero-order chi connectivity index (χ0) is 12.4. The molecule has 0 radical (unpaired) electrons. The number of hydrogen-bond acceptors (Lipinski definition) is 1. The summed E-state index contributed by atoms with van der Waals surface area (Å²) in [6, 6.07) is 17.1. The average Bonchev–Trinajstić information content (AvgIpc) is 2.41. The predicted molar refractivity (Wildman–Crippen MR) is 74.4 cm³/mol. The molecule has 1 atom stereocenters. The highest BCUT2D eigenvalue weighted by molar-refractivity contribution is 5.52. The maximum atomic E-state index is 3.40. The van der Waals surface area contributed by atoms with Crippen LogP contribution in [0.3, 0.4) is 0 Å². The van der Waals surface area contributed by atoms with E-state index in [0.717, 1.165) is 17.5 Å². The molecular formula is C17H15N. The molecule has 0 bridgehead atoms. The fourth-order valence-electron chi connectivity index (χ4n) is 2.46. The number of nitrogens with one attached hydrogen (secondary N) is 1. The van der Waals surface area contributed by atoms with Crippen molar-refractivity contribution in [3.8, 4) is 11.8 Å². The van der Waals surface area contributed by atoms with E-state index in [9.17, 15) is 0 Å². The highest BCUT2D eigenvalue weighted by Crippen LogP contribution is 2.24. The Bertz CT molecular complexity index is 631. The smallest absolute Gasteiger partial charge is 0.0371 e. The third-order valence-electron chi connectivity index (χ3n) is 3.46. The first-order valence-electron chi connectivity index (χ1n) is 6.24. The largest absolute Gasteiger partial charge is 0.313 e. The van der Waals surface area contributed by atoms with Gasteiger partial charge in [-0.15, -0.1) is 0 Å². The molecule has 1 aliphatic rings. The topological polar surface area (TPSA) is 12.0 Å². The summed E-state index contributed by atoms with van der Waals surface area (Å²) >= 11 is 0. The molecule has 0 aliphatic heterocycles. The van der Waals surface area contributed by atoms with E-state index in [-0.39, 0.29) is 0 Å². The molecule has 3 rings (SSSR count). The van der Waals surface area contributed by atoms with Gasteiger partial charge < -0.3 is 5.32 Å². The van der Waals surface area contributed by atoms with Crippen molar-refractivity contribution in [3.63, 3.8) is 0 Å². The molecule has 0 amide bonds. The molecule has 2 aromatic rings. The standard InChI is InChI=1S/C17H15N/c1-18-17-12-15-8-3-2-6-13(15)10-11-14-7-4-5-9-16(14)17/h2-9,17-18H,12H2,1H3. The maximum Gasteiger partial charge on any atom is 0.0371 e. The fourth-order valence-corrected chi connectivity index (χ4v) is 2.46. The summed E-state index contributed by atoms with van der Waals surface area (Å²) in [5.74, 6) is 6.58. The van der Waals surface area contributed by atoms with Crippen molar-refractivity contribution in [1.82, 2.24) is 5.32 Å². The zero-order valence-electron chi connectivity index (χ0n) is 10.4. The van der Waals surface area contributed by atoms with Crippen LogP contribution in [0.5, 0.6) is 0 Å². The second-order valence-corrected chi connectivity index (χ2v) is 4.54. The maximum absolute atomic E-state index is 3.40. The van der Waals surface area contributed by atoms with Crippen LogP contribution in [0.2, 0.25) is 0 Å². The molecule has 18 heavy (non-hydrogen) atoms. The Kier molecular flexibility index (Phi) is 2.88. The normalized spacial score (nSPS) is 16.6. The van der Waals surface area contributed by atoms with Gasteiger partial charge in [-0.3, -0.25) is 0 Å². The summed E-state index contributed by atoms with van der Waals surface area (Å²) in [5.41, 5.74) is 4.89. The van der Waals surface area contributed by atoms with Crippen molar-refractivity contribution in [2.45, 2.75) is 12.5 Å². The van der Waals surface area contributed by atoms with Gasteiger partial charge in [-0.2, -0.15) is 0 Å². The summed E-state index contributed by atoms with van der Waals surface area (Å²) in [6.45, 7) is 0. The first-order chi connectivity index (χ1) is 8.88. The Labute approximate surface area is 108 Å². The van der Waals surface area contributed by atoms with E-state index >= 15 is 0 Å². The monoisotopic (exact) mass is 233 g/mol. The first-order valence-corrected chi connectivity index (χ1v) is 6.24. The van der Waals surface area contributed by atoms with E-state index in [1.165, 1.54) is 11.1 Å². The zero-order valence-corrected chi connectivity index (χ0v) is 10.4. The summed E-state index contributed by atoms with van der Waals surface area (Å²) < 4.78 is 0. The van der Waals surface area contributed by atoms with Crippen molar-refractivity contribution in [2.75, 3.05) is 7.05 Å². The predicted octanol–water partition coefficient (Wildman–Crippen LogP) is 2.90. The summed E-state index contributed by atoms with van der Waals surface area (Å²) in [7, 11) is 2.01. The van der Waals surface area contributed by atoms with Gasteiger partial charge in [-0.1, -0.05) is 48.2 Å². The molecule has 1 N–H and O–H groups in total. The Morgan fingerprint density at radius 3 is 2.44 bits per heavy atom. The quantitative estimate of drug-likeness (QED) is 0.747. The lowest BCUT2D eigenvalue weighted by Gasteiger charge is -2.20. The Hall–Kier alpha value is -2.04. The van der Waals surface area contributed by atoms with Gasteiger partial charge in [0.15, 0.2) is 0 Å². The Balaban J connectivity index is 2.19. The van der Waals surface area contributed by atoms with Gasteiger partial charge in [-0.05, 0) is 36.7 Å². The minimum Gasteiger partial charge on any atom is -0.313 e. The Morgan fingerprint density at radius 1 is 0.944 bits per heavy atom. The van der Waals surface area contributed by atoms with Crippen LogP contribution in [0.15, 0.2) is 48.5 Å². The van der Waals surface area contributed by atoms with Gasteiger partial charge in [0.25, 0.3) is 0 Å². The highest BCUT2D eigenvalue weighted by atomic mass is 14.9. The number of fused-ring (bicyclic) bond motifs is 2. The van der Waals surface area contributed by atoms with Crippen LogP contribution in [0, 0.1) is 11.8 Å². The van der Waals surface area contributed by atoms with Crippen molar-refractivity contribution < 1.29 is 0 Å². The lowest BCUT2D eigenvalue weighted by Crippen LogP contribution is -2.21. The third-order valence-corrected chi connectivity index (χ3v) is 3.46. The minimum atomic E-state index is 0.331. The fraction of sp³-hybridized carbons (Fsp3) is 0.176. The van der Waals surface area contributed by atoms with Crippen LogP contribution < -0.4 is 5.32 Å². The summed E-state index contributed by atoms with van der Waals surface area (Å²) in [6.07, 6.45) is 0.984. The van der Waals surface area contributed by atoms with Gasteiger partial charge in [0.1, 0.15) is 0 Å². The molecule has 1 heteroatoms. The van der Waals surface area contributed by atoms with E-state index in [0.29, 0.717) is 6.04 Å². The number of rotatable bonds is 1. The van der Waals surface area contributed by atoms with Gasteiger partial charge in [0.05, 0.1) is 0 Å². The van der Waals surface area contributed by atoms with Crippen LogP contribution >= 0.6 is 0 Å². The molecule has 0 fully saturated rings. The summed E-state index contributed by atoms with van der Waals surface area (Å²) in [5, 5.41) is 3.40. The molecule has 88 valence electrons. The molecular weight excluding hydrogens is 218 g/mol. The van der Waals surface area contributed by atoms with Crippen molar-refractivity contribution in [2.24, 2.45) is 0 Å². The molecule has 0 spiro atoms. The van der Waals surface area contributed by atoms with Gasteiger partial charge in [0, 0.05) is 17.2 Å². The number of benzene rings is 2. The van der Waals surface area contributed by atoms with Crippen LogP contribution in [-0.2, 0) is 6.42 Å². The van der Waals surface area contributed by atoms with E-state index < -0.39 is 0 Å². The molecule has 1 aliphatic carbocycles. The molecule has 0 saturated carbocycles. The van der Waals surface area contributed by atoms with Crippen molar-refractivity contribution >= 4 is 0 Å². The molecule has 1 unspecified atom stereocenters.